The standard InChI is InChI=1S/C24H20N2O2/c27-24(23-10-5-7-19-6-1-2-9-22(19)23)26-16-18-11-13-21(14-12-18)28-17-20-8-3-4-15-25-20/h1-15H,16-17H2,(H,26,27). The molecule has 28 heavy (non-hydrogen) atoms. The van der Waals surface area contributed by atoms with Crippen molar-refractivity contribution in [2.24, 2.45) is 0 Å². The van der Waals surface area contributed by atoms with Crippen molar-refractivity contribution in [3.05, 3.63) is 108 Å². The molecule has 1 N–H and O–H groups in total. The summed E-state index contributed by atoms with van der Waals surface area (Å²) in [7, 11) is 0. The van der Waals surface area contributed by atoms with E-state index in [2.05, 4.69) is 10.3 Å². The van der Waals surface area contributed by atoms with E-state index in [1.807, 2.05) is 84.9 Å². The maximum Gasteiger partial charge on any atom is 0.252 e. The van der Waals surface area contributed by atoms with Crippen LogP contribution in [0.25, 0.3) is 10.8 Å². The van der Waals surface area contributed by atoms with Crippen LogP contribution in [0.15, 0.2) is 91.1 Å². The summed E-state index contributed by atoms with van der Waals surface area (Å²) in [5.41, 5.74) is 2.58. The lowest BCUT2D eigenvalue weighted by Gasteiger charge is -2.09. The molecular formula is C24H20N2O2. The van der Waals surface area contributed by atoms with Crippen LogP contribution in [0.4, 0.5) is 0 Å². The van der Waals surface area contributed by atoms with E-state index in [0.717, 1.165) is 27.8 Å². The van der Waals surface area contributed by atoms with Crippen molar-refractivity contribution in [3.8, 4) is 5.75 Å². The van der Waals surface area contributed by atoms with E-state index in [1.54, 1.807) is 6.20 Å². The maximum absolute atomic E-state index is 12.6. The second kappa shape index (κ2) is 8.35. The second-order valence-corrected chi connectivity index (χ2v) is 6.46. The lowest BCUT2D eigenvalue weighted by atomic mass is 10.0. The Kier molecular flexibility index (Phi) is 5.29. The third-order valence-electron chi connectivity index (χ3n) is 4.52. The fraction of sp³-hybridized carbons (Fsp3) is 0.0833. The number of ether oxygens (including phenoxy) is 1. The molecular weight excluding hydrogens is 348 g/mol. The molecule has 4 nitrogen and oxygen atoms in total. The minimum atomic E-state index is -0.0766. The third-order valence-corrected chi connectivity index (χ3v) is 4.52. The molecule has 138 valence electrons. The monoisotopic (exact) mass is 368 g/mol. The van der Waals surface area contributed by atoms with Gasteiger partial charge >= 0.3 is 0 Å². The zero-order chi connectivity index (χ0) is 19.2. The summed E-state index contributed by atoms with van der Waals surface area (Å²) in [6, 6.07) is 27.1. The molecule has 0 aliphatic heterocycles. The van der Waals surface area contributed by atoms with Crippen molar-refractivity contribution in [1.82, 2.24) is 10.3 Å². The Morgan fingerprint density at radius 2 is 1.64 bits per heavy atom. The van der Waals surface area contributed by atoms with Crippen LogP contribution in [0, 0.1) is 0 Å². The number of nitrogens with one attached hydrogen (secondary N) is 1. The van der Waals surface area contributed by atoms with Gasteiger partial charge in [0.25, 0.3) is 5.91 Å². The van der Waals surface area contributed by atoms with E-state index in [9.17, 15) is 4.79 Å². The van der Waals surface area contributed by atoms with Gasteiger partial charge in [0.15, 0.2) is 0 Å². The third kappa shape index (κ3) is 4.18. The Balaban J connectivity index is 1.36. The Bertz CT molecular complexity index is 1070. The average molecular weight is 368 g/mol. The first-order chi connectivity index (χ1) is 13.8. The zero-order valence-electron chi connectivity index (χ0n) is 15.3. The van der Waals surface area contributed by atoms with Gasteiger partial charge in [-0.2, -0.15) is 0 Å². The van der Waals surface area contributed by atoms with Crippen molar-refractivity contribution in [2.45, 2.75) is 13.2 Å². The minimum absolute atomic E-state index is 0.0766. The van der Waals surface area contributed by atoms with Gasteiger partial charge in [-0.1, -0.05) is 54.6 Å². The summed E-state index contributed by atoms with van der Waals surface area (Å²) in [5.74, 6) is 0.696. The number of hydrogen-bond donors (Lipinski definition) is 1. The van der Waals surface area contributed by atoms with E-state index in [0.29, 0.717) is 18.7 Å². The van der Waals surface area contributed by atoms with Crippen LogP contribution >= 0.6 is 0 Å². The summed E-state index contributed by atoms with van der Waals surface area (Å²) in [6.07, 6.45) is 1.75. The molecule has 0 fully saturated rings. The number of nitrogens with zero attached hydrogens (tertiary/aromatic N) is 1. The molecule has 0 aliphatic rings. The molecule has 0 bridgehead atoms. The van der Waals surface area contributed by atoms with Crippen molar-refractivity contribution >= 4 is 16.7 Å². The number of rotatable bonds is 6. The quantitative estimate of drug-likeness (QED) is 0.535. The highest BCUT2D eigenvalue weighted by molar-refractivity contribution is 6.06. The van der Waals surface area contributed by atoms with Crippen molar-refractivity contribution in [3.63, 3.8) is 0 Å². The number of aromatic nitrogens is 1. The first-order valence-corrected chi connectivity index (χ1v) is 9.17. The molecule has 0 atom stereocenters. The number of carbonyl (C=O) groups excluding carboxylic acids is 1. The first-order valence-electron chi connectivity index (χ1n) is 9.17. The van der Waals surface area contributed by atoms with Gasteiger partial charge in [0.2, 0.25) is 0 Å². The van der Waals surface area contributed by atoms with Gasteiger partial charge in [-0.25, -0.2) is 0 Å². The Morgan fingerprint density at radius 3 is 2.46 bits per heavy atom. The van der Waals surface area contributed by atoms with Crippen LogP contribution in [0.3, 0.4) is 0 Å². The van der Waals surface area contributed by atoms with Crippen LogP contribution in [-0.2, 0) is 13.2 Å². The van der Waals surface area contributed by atoms with Crippen LogP contribution in [-0.4, -0.2) is 10.9 Å². The van der Waals surface area contributed by atoms with Gasteiger partial charge in [-0.15, -0.1) is 0 Å². The van der Waals surface area contributed by atoms with Crippen LogP contribution in [0.5, 0.6) is 5.75 Å². The normalized spacial score (nSPS) is 10.6. The van der Waals surface area contributed by atoms with E-state index >= 15 is 0 Å². The molecule has 0 spiro atoms. The molecule has 0 saturated carbocycles. The van der Waals surface area contributed by atoms with E-state index in [4.69, 9.17) is 4.74 Å². The maximum atomic E-state index is 12.6. The van der Waals surface area contributed by atoms with Crippen LogP contribution in [0.1, 0.15) is 21.6 Å². The van der Waals surface area contributed by atoms with Crippen LogP contribution < -0.4 is 10.1 Å². The number of fused-ring (bicyclic) bond motifs is 1. The fourth-order valence-electron chi connectivity index (χ4n) is 3.05. The molecule has 0 saturated heterocycles. The molecule has 0 unspecified atom stereocenters. The van der Waals surface area contributed by atoms with E-state index in [1.165, 1.54) is 0 Å². The van der Waals surface area contributed by atoms with Gasteiger partial charge in [0.1, 0.15) is 12.4 Å². The highest BCUT2D eigenvalue weighted by Gasteiger charge is 2.09. The molecule has 1 heterocycles. The van der Waals surface area contributed by atoms with E-state index in [-0.39, 0.29) is 5.91 Å². The van der Waals surface area contributed by atoms with Crippen molar-refractivity contribution < 1.29 is 9.53 Å². The topological polar surface area (TPSA) is 51.2 Å². The zero-order valence-corrected chi connectivity index (χ0v) is 15.3. The highest BCUT2D eigenvalue weighted by Crippen LogP contribution is 2.19. The van der Waals surface area contributed by atoms with Gasteiger partial charge < -0.3 is 10.1 Å². The smallest absolute Gasteiger partial charge is 0.252 e. The highest BCUT2D eigenvalue weighted by atomic mass is 16.5. The van der Waals surface area contributed by atoms with Gasteiger partial charge in [-0.05, 0) is 46.7 Å². The molecule has 0 aliphatic carbocycles. The second-order valence-electron chi connectivity index (χ2n) is 6.46. The summed E-state index contributed by atoms with van der Waals surface area (Å²) in [6.45, 7) is 0.889. The van der Waals surface area contributed by atoms with Crippen LogP contribution in [0.2, 0.25) is 0 Å². The number of hydrogen-bond acceptors (Lipinski definition) is 3. The average Bonchev–Trinajstić information content (AvgIpc) is 2.77. The fourth-order valence-corrected chi connectivity index (χ4v) is 3.05. The summed E-state index contributed by atoms with van der Waals surface area (Å²) >= 11 is 0. The Hall–Kier alpha value is -3.66. The molecule has 4 heteroatoms. The largest absolute Gasteiger partial charge is 0.487 e. The number of benzene rings is 3. The van der Waals surface area contributed by atoms with E-state index < -0.39 is 0 Å². The lowest BCUT2D eigenvalue weighted by molar-refractivity contribution is 0.0952. The molecule has 4 rings (SSSR count). The summed E-state index contributed by atoms with van der Waals surface area (Å²) < 4.78 is 5.74. The van der Waals surface area contributed by atoms with Crippen molar-refractivity contribution in [1.29, 1.82) is 0 Å². The molecule has 1 aromatic heterocycles. The van der Waals surface area contributed by atoms with Gasteiger partial charge in [0.05, 0.1) is 5.69 Å². The molecule has 4 aromatic rings. The number of pyridine rings is 1. The lowest BCUT2D eigenvalue weighted by Crippen LogP contribution is -2.22. The number of amides is 1. The predicted molar refractivity (Wildman–Crippen MR) is 110 cm³/mol. The Labute approximate surface area is 163 Å². The molecule has 0 radical (unpaired) electrons. The molecule has 1 amide bonds. The summed E-state index contributed by atoms with van der Waals surface area (Å²) in [5, 5.41) is 5.01. The summed E-state index contributed by atoms with van der Waals surface area (Å²) in [4.78, 5) is 16.9. The minimum Gasteiger partial charge on any atom is -0.487 e. The van der Waals surface area contributed by atoms with Crippen molar-refractivity contribution in [2.75, 3.05) is 0 Å². The number of carbonyl (C=O) groups is 1. The first kappa shape index (κ1) is 17.7. The SMILES string of the molecule is O=C(NCc1ccc(OCc2ccccn2)cc1)c1cccc2ccccc12. The Morgan fingerprint density at radius 1 is 0.857 bits per heavy atom. The van der Waals surface area contributed by atoms with Gasteiger partial charge in [-0.3, -0.25) is 9.78 Å². The predicted octanol–water partition coefficient (Wildman–Crippen LogP) is 4.74. The molecule has 3 aromatic carbocycles. The van der Waals surface area contributed by atoms with Gasteiger partial charge in [0, 0.05) is 18.3 Å².